The van der Waals surface area contributed by atoms with Gasteiger partial charge in [0.15, 0.2) is 0 Å². The van der Waals surface area contributed by atoms with Crippen LogP contribution in [-0.4, -0.2) is 49.4 Å². The van der Waals surface area contributed by atoms with Crippen LogP contribution in [0.2, 0.25) is 0 Å². The lowest BCUT2D eigenvalue weighted by atomic mass is 9.90. The van der Waals surface area contributed by atoms with Crippen molar-refractivity contribution in [3.05, 3.63) is 42.5 Å². The van der Waals surface area contributed by atoms with E-state index in [2.05, 4.69) is 10.1 Å². The number of likely N-dealkylation sites (tertiary alicyclic amines) is 1. The largest absolute Gasteiger partial charge is 0.343 e. The molecule has 0 saturated carbocycles. The second kappa shape index (κ2) is 7.50. The number of fused-ring (bicyclic) bond motifs is 1. The first-order valence-electron chi connectivity index (χ1n) is 9.52. The number of carbonyl (C=O) groups is 2. The molecule has 1 fully saturated rings. The molecule has 0 aliphatic carbocycles. The van der Waals surface area contributed by atoms with Gasteiger partial charge in [-0.15, -0.1) is 0 Å². The molecule has 1 aliphatic rings. The molecule has 1 amide bonds. The maximum absolute atomic E-state index is 12.7. The van der Waals surface area contributed by atoms with Crippen molar-refractivity contribution in [2.24, 2.45) is 13.0 Å². The third-order valence-electron chi connectivity index (χ3n) is 5.38. The minimum absolute atomic E-state index is 0.00258. The van der Waals surface area contributed by atoms with Crippen LogP contribution in [-0.2, 0) is 23.1 Å². The molecule has 0 atom stereocenters. The zero-order valence-corrected chi connectivity index (χ0v) is 16.1. The topological polar surface area (TPSA) is 81.0 Å². The van der Waals surface area contributed by atoms with Gasteiger partial charge in [-0.25, -0.2) is 4.98 Å². The van der Waals surface area contributed by atoms with Crippen LogP contribution < -0.4 is 0 Å². The lowest BCUT2D eigenvalue weighted by Gasteiger charge is -2.30. The molecule has 3 aromatic rings. The predicted octanol–water partition coefficient (Wildman–Crippen LogP) is 2.40. The Balaban J connectivity index is 1.49. The van der Waals surface area contributed by atoms with E-state index in [1.165, 1.54) is 0 Å². The maximum atomic E-state index is 12.7. The number of rotatable bonds is 4. The van der Waals surface area contributed by atoms with Crippen molar-refractivity contribution in [2.75, 3.05) is 13.1 Å². The van der Waals surface area contributed by atoms with Crippen LogP contribution in [0.5, 0.6) is 0 Å². The van der Waals surface area contributed by atoms with E-state index in [9.17, 15) is 9.59 Å². The number of aryl methyl sites for hydroxylation is 1. The van der Waals surface area contributed by atoms with Crippen LogP contribution in [0.3, 0.4) is 0 Å². The van der Waals surface area contributed by atoms with Gasteiger partial charge in [-0.3, -0.25) is 19.3 Å². The Morgan fingerprint density at radius 3 is 2.64 bits per heavy atom. The van der Waals surface area contributed by atoms with E-state index < -0.39 is 0 Å². The van der Waals surface area contributed by atoms with E-state index in [0.717, 1.165) is 40.7 Å². The van der Waals surface area contributed by atoms with Crippen LogP contribution in [0, 0.1) is 5.92 Å². The molecular formula is C21H23N5O2. The number of nitrogens with zero attached hydrogens (tertiary/aromatic N) is 5. The van der Waals surface area contributed by atoms with E-state index in [1.807, 2.05) is 36.3 Å². The Kier molecular flexibility index (Phi) is 4.90. The van der Waals surface area contributed by atoms with E-state index >= 15 is 0 Å². The fraction of sp³-hybridized carbons (Fsp3) is 0.381. The minimum Gasteiger partial charge on any atom is -0.343 e. The van der Waals surface area contributed by atoms with Crippen molar-refractivity contribution >= 4 is 22.6 Å². The normalized spacial score (nSPS) is 15.1. The molecule has 0 bridgehead atoms. The molecule has 7 heteroatoms. The number of pyridine rings is 2. The van der Waals surface area contributed by atoms with Crippen molar-refractivity contribution in [1.82, 2.24) is 24.6 Å². The average Bonchev–Trinajstić information content (AvgIpc) is 3.14. The van der Waals surface area contributed by atoms with Gasteiger partial charge in [-0.1, -0.05) is 0 Å². The number of hydrogen-bond donors (Lipinski definition) is 0. The first kappa shape index (κ1) is 18.3. The van der Waals surface area contributed by atoms with Crippen LogP contribution in [0.25, 0.3) is 22.2 Å². The first-order chi connectivity index (χ1) is 13.5. The summed E-state index contributed by atoms with van der Waals surface area (Å²) >= 11 is 0. The Hall–Kier alpha value is -3.09. The molecule has 0 spiro atoms. The second-order valence-corrected chi connectivity index (χ2v) is 7.39. The molecule has 3 aromatic heterocycles. The van der Waals surface area contributed by atoms with Gasteiger partial charge in [0.1, 0.15) is 5.78 Å². The van der Waals surface area contributed by atoms with E-state index in [0.29, 0.717) is 19.5 Å². The van der Waals surface area contributed by atoms with Crippen molar-refractivity contribution in [3.8, 4) is 11.3 Å². The fourth-order valence-corrected chi connectivity index (χ4v) is 3.71. The number of hydrogen-bond acceptors (Lipinski definition) is 5. The van der Waals surface area contributed by atoms with Gasteiger partial charge >= 0.3 is 0 Å². The van der Waals surface area contributed by atoms with Crippen LogP contribution in [0.15, 0.2) is 36.8 Å². The summed E-state index contributed by atoms with van der Waals surface area (Å²) in [6, 6.07) is 5.84. The molecular weight excluding hydrogens is 354 g/mol. The summed E-state index contributed by atoms with van der Waals surface area (Å²) in [6.45, 7) is 2.90. The Morgan fingerprint density at radius 2 is 1.96 bits per heavy atom. The maximum Gasteiger partial charge on any atom is 0.219 e. The van der Waals surface area contributed by atoms with Gasteiger partial charge in [0.2, 0.25) is 5.91 Å². The lowest BCUT2D eigenvalue weighted by molar-refractivity contribution is -0.133. The Labute approximate surface area is 163 Å². The number of carbonyl (C=O) groups excluding carboxylic acids is 2. The summed E-state index contributed by atoms with van der Waals surface area (Å²) in [5, 5.41) is 5.14. The van der Waals surface area contributed by atoms with Gasteiger partial charge < -0.3 is 4.90 Å². The van der Waals surface area contributed by atoms with E-state index in [4.69, 9.17) is 4.98 Å². The summed E-state index contributed by atoms with van der Waals surface area (Å²) in [7, 11) is 1.87. The molecule has 1 aliphatic heterocycles. The number of ketones is 1. The molecule has 1 saturated heterocycles. The Bertz CT molecular complexity index is 1030. The quantitative estimate of drug-likeness (QED) is 0.697. The first-order valence-corrected chi connectivity index (χ1v) is 9.52. The second-order valence-electron chi connectivity index (χ2n) is 7.39. The summed E-state index contributed by atoms with van der Waals surface area (Å²) in [5.41, 5.74) is 3.37. The Morgan fingerprint density at radius 1 is 1.18 bits per heavy atom. The number of aromatic nitrogens is 4. The van der Waals surface area contributed by atoms with Gasteiger partial charge in [-0.05, 0) is 31.0 Å². The number of Topliss-reactive ketones (excluding diaryl/α,β-unsaturated/α-hetero) is 1. The zero-order valence-electron chi connectivity index (χ0n) is 16.1. The third kappa shape index (κ3) is 3.78. The molecule has 144 valence electrons. The van der Waals surface area contributed by atoms with Gasteiger partial charge in [0.05, 0.1) is 17.4 Å². The number of piperidine rings is 1. The predicted molar refractivity (Wildman–Crippen MR) is 105 cm³/mol. The monoisotopic (exact) mass is 377 g/mol. The summed E-state index contributed by atoms with van der Waals surface area (Å²) in [6.07, 6.45) is 7.25. The molecule has 0 aromatic carbocycles. The number of amides is 1. The molecule has 0 radical (unpaired) electrons. The van der Waals surface area contributed by atoms with Crippen LogP contribution in [0.4, 0.5) is 0 Å². The minimum atomic E-state index is 0.00258. The van der Waals surface area contributed by atoms with Crippen molar-refractivity contribution in [3.63, 3.8) is 0 Å². The average molecular weight is 377 g/mol. The van der Waals surface area contributed by atoms with Crippen LogP contribution >= 0.6 is 0 Å². The van der Waals surface area contributed by atoms with E-state index in [1.54, 1.807) is 24.0 Å². The highest BCUT2D eigenvalue weighted by atomic mass is 16.2. The molecule has 28 heavy (non-hydrogen) atoms. The summed E-state index contributed by atoms with van der Waals surface area (Å²) in [4.78, 5) is 35.1. The molecule has 0 N–H and O–H groups in total. The fourth-order valence-electron chi connectivity index (χ4n) is 3.71. The SMILES string of the molecule is CC(=O)N1CCC(C(=O)Cc2cc3nc(-c4cnn(C)c4)ccc3cn2)CC1. The van der Waals surface area contributed by atoms with Crippen molar-refractivity contribution in [2.45, 2.75) is 26.2 Å². The standard InChI is InChI=1S/C21H23N5O2/c1-14(27)26-7-5-15(6-8-26)21(28)10-18-9-20-16(11-22-18)3-4-19(24-20)17-12-23-25(2)13-17/h3-4,9,11-13,15H,5-8,10H2,1-2H3. The van der Waals surface area contributed by atoms with Gasteiger partial charge in [-0.2, -0.15) is 5.10 Å². The van der Waals surface area contributed by atoms with Crippen molar-refractivity contribution < 1.29 is 9.59 Å². The molecule has 0 unspecified atom stereocenters. The zero-order chi connectivity index (χ0) is 19.7. The van der Waals surface area contributed by atoms with Crippen LogP contribution in [0.1, 0.15) is 25.5 Å². The third-order valence-corrected chi connectivity index (χ3v) is 5.38. The lowest BCUT2D eigenvalue weighted by Crippen LogP contribution is -2.39. The van der Waals surface area contributed by atoms with E-state index in [-0.39, 0.29) is 17.6 Å². The summed E-state index contributed by atoms with van der Waals surface area (Å²) in [5.74, 6) is 0.277. The highest BCUT2D eigenvalue weighted by molar-refractivity contribution is 5.85. The van der Waals surface area contributed by atoms with Crippen molar-refractivity contribution in [1.29, 1.82) is 0 Å². The molecule has 4 rings (SSSR count). The molecule has 7 nitrogen and oxygen atoms in total. The smallest absolute Gasteiger partial charge is 0.219 e. The highest BCUT2D eigenvalue weighted by Crippen LogP contribution is 2.23. The highest BCUT2D eigenvalue weighted by Gasteiger charge is 2.26. The molecule has 4 heterocycles. The van der Waals surface area contributed by atoms with Gasteiger partial charge in [0.25, 0.3) is 0 Å². The summed E-state index contributed by atoms with van der Waals surface area (Å²) < 4.78 is 1.75. The van der Waals surface area contributed by atoms with Gasteiger partial charge in [0, 0.05) is 68.4 Å².